The fourth-order valence-corrected chi connectivity index (χ4v) is 0.912. The van der Waals surface area contributed by atoms with Crippen LogP contribution in [-0.2, 0) is 0 Å². The summed E-state index contributed by atoms with van der Waals surface area (Å²) in [6.45, 7) is 1.54. The third-order valence-electron chi connectivity index (χ3n) is 1.55. The van der Waals surface area contributed by atoms with Gasteiger partial charge >= 0.3 is 0 Å². The molecule has 0 aliphatic heterocycles. The Morgan fingerprint density at radius 1 is 1.25 bits per heavy atom. The molecule has 5 nitrogen and oxygen atoms in total. The molecule has 1 aromatic carbocycles. The van der Waals surface area contributed by atoms with Gasteiger partial charge in [0.25, 0.3) is 0 Å². The Kier molecular flexibility index (Phi) is 2.18. The standard InChI is InChI=1S/C7H9NO4/c1-4-2-6(9)7(10)3-5(4)8(11)12/h2-3,8-11H,1H3. The summed E-state index contributed by atoms with van der Waals surface area (Å²) in [5.41, 5.74) is 0.406. The number of hydrogen-bond acceptors (Lipinski definition) is 4. The number of hydrogen-bond donors (Lipinski definition) is 4. The van der Waals surface area contributed by atoms with Crippen LogP contribution in [0.4, 0.5) is 5.69 Å². The van der Waals surface area contributed by atoms with E-state index < -0.39 is 11.0 Å². The monoisotopic (exact) mass is 171 g/mol. The van der Waals surface area contributed by atoms with Gasteiger partial charge in [-0.25, -0.2) is 5.21 Å². The van der Waals surface area contributed by atoms with Crippen LogP contribution in [0.5, 0.6) is 11.5 Å². The van der Waals surface area contributed by atoms with E-state index >= 15 is 0 Å². The van der Waals surface area contributed by atoms with Crippen LogP contribution in [-0.4, -0.2) is 15.4 Å². The molecule has 5 heteroatoms. The molecule has 0 aliphatic carbocycles. The summed E-state index contributed by atoms with van der Waals surface area (Å²) < 4.78 is 0. The van der Waals surface area contributed by atoms with Gasteiger partial charge in [-0.15, -0.1) is 0 Å². The molecule has 4 N–H and O–H groups in total. The Balaban J connectivity index is 3.23. The van der Waals surface area contributed by atoms with Crippen LogP contribution in [0.1, 0.15) is 5.56 Å². The first kappa shape index (κ1) is 8.79. The van der Waals surface area contributed by atoms with Gasteiger partial charge in [-0.3, -0.25) is 0 Å². The van der Waals surface area contributed by atoms with Crippen molar-refractivity contribution in [3.05, 3.63) is 22.9 Å². The second-order valence-corrected chi connectivity index (χ2v) is 2.46. The minimum atomic E-state index is -1.12. The van der Waals surface area contributed by atoms with Crippen molar-refractivity contribution in [3.8, 4) is 11.5 Å². The SMILES string of the molecule is Cc1cc(O)c(O)cc1[NH+]([O-])O. The number of phenolic OH excluding ortho intramolecular Hbond substituents is 2. The highest BCUT2D eigenvalue weighted by atomic mass is 16.8. The van der Waals surface area contributed by atoms with E-state index in [9.17, 15) is 5.21 Å². The predicted octanol–water partition coefficient (Wildman–Crippen LogP) is -0.190. The van der Waals surface area contributed by atoms with E-state index in [0.29, 0.717) is 5.56 Å². The molecule has 0 spiro atoms. The zero-order valence-corrected chi connectivity index (χ0v) is 6.40. The fourth-order valence-electron chi connectivity index (χ4n) is 0.912. The molecule has 1 rings (SSSR count). The van der Waals surface area contributed by atoms with E-state index in [1.165, 1.54) is 6.07 Å². The van der Waals surface area contributed by atoms with Crippen molar-refractivity contribution >= 4 is 5.69 Å². The number of aryl methyl sites for hydroxylation is 1. The van der Waals surface area contributed by atoms with Crippen molar-refractivity contribution in [1.82, 2.24) is 0 Å². The minimum absolute atomic E-state index is 0.00898. The van der Waals surface area contributed by atoms with Crippen LogP contribution in [0.2, 0.25) is 0 Å². The smallest absolute Gasteiger partial charge is 0.170 e. The summed E-state index contributed by atoms with van der Waals surface area (Å²) in [5, 5.41) is 35.9. The molecule has 1 aromatic rings. The summed E-state index contributed by atoms with van der Waals surface area (Å²) >= 11 is 0. The number of nitrogens with one attached hydrogen (secondary N) is 1. The molecule has 1 unspecified atom stereocenters. The van der Waals surface area contributed by atoms with E-state index in [1.807, 2.05) is 0 Å². The topological polar surface area (TPSA) is 88.2 Å². The first-order valence-electron chi connectivity index (χ1n) is 3.28. The highest BCUT2D eigenvalue weighted by molar-refractivity contribution is 5.51. The lowest BCUT2D eigenvalue weighted by Crippen LogP contribution is -2.99. The summed E-state index contributed by atoms with van der Waals surface area (Å²) in [4.78, 5) is 0. The molecule has 0 bridgehead atoms. The van der Waals surface area contributed by atoms with E-state index in [0.717, 1.165) is 6.07 Å². The predicted molar refractivity (Wildman–Crippen MR) is 40.3 cm³/mol. The van der Waals surface area contributed by atoms with E-state index in [2.05, 4.69) is 0 Å². The van der Waals surface area contributed by atoms with Crippen LogP contribution >= 0.6 is 0 Å². The number of benzene rings is 1. The van der Waals surface area contributed by atoms with Gasteiger partial charge in [-0.2, -0.15) is 5.23 Å². The van der Waals surface area contributed by atoms with Gasteiger partial charge in [0, 0.05) is 11.6 Å². The Labute approximate surface area is 68.6 Å². The summed E-state index contributed by atoms with van der Waals surface area (Å²) in [5.74, 6) is -0.726. The maximum Gasteiger partial charge on any atom is 0.170 e. The maximum atomic E-state index is 10.5. The summed E-state index contributed by atoms with van der Waals surface area (Å²) in [6.07, 6.45) is 0. The van der Waals surface area contributed by atoms with Crippen molar-refractivity contribution in [3.63, 3.8) is 0 Å². The quantitative estimate of drug-likeness (QED) is 0.268. The van der Waals surface area contributed by atoms with Gasteiger partial charge < -0.3 is 15.4 Å². The molecule has 0 radical (unpaired) electrons. The lowest BCUT2D eigenvalue weighted by molar-refractivity contribution is -0.991. The largest absolute Gasteiger partial charge is 0.595 e. The summed E-state index contributed by atoms with van der Waals surface area (Å²) in [7, 11) is 0. The zero-order valence-electron chi connectivity index (χ0n) is 6.40. The van der Waals surface area contributed by atoms with Gasteiger partial charge in [0.05, 0.1) is 0 Å². The number of rotatable bonds is 1. The van der Waals surface area contributed by atoms with Crippen LogP contribution in [0, 0.1) is 12.1 Å². The highest BCUT2D eigenvalue weighted by Crippen LogP contribution is 2.28. The molecule has 0 aliphatic rings. The molecule has 0 aromatic heterocycles. The second-order valence-electron chi connectivity index (χ2n) is 2.46. The van der Waals surface area contributed by atoms with Crippen LogP contribution in [0.15, 0.2) is 12.1 Å². The Morgan fingerprint density at radius 2 is 1.75 bits per heavy atom. The van der Waals surface area contributed by atoms with Gasteiger partial charge in [0.2, 0.25) is 0 Å². The van der Waals surface area contributed by atoms with Crippen molar-refractivity contribution in [2.75, 3.05) is 0 Å². The molecule has 0 saturated carbocycles. The third-order valence-corrected chi connectivity index (χ3v) is 1.55. The van der Waals surface area contributed by atoms with E-state index in [1.54, 1.807) is 6.92 Å². The molecule has 0 heterocycles. The average Bonchev–Trinajstić information content (AvgIpc) is 1.96. The van der Waals surface area contributed by atoms with Crippen LogP contribution < -0.4 is 5.23 Å². The number of phenols is 2. The van der Waals surface area contributed by atoms with Gasteiger partial charge in [-0.05, 0) is 13.0 Å². The highest BCUT2D eigenvalue weighted by Gasteiger charge is 2.09. The van der Waals surface area contributed by atoms with Crippen LogP contribution in [0.25, 0.3) is 0 Å². The Bertz CT molecular complexity index is 298. The zero-order chi connectivity index (χ0) is 9.30. The summed E-state index contributed by atoms with van der Waals surface area (Å²) in [6, 6.07) is 2.23. The first-order valence-corrected chi connectivity index (χ1v) is 3.28. The molecule has 0 saturated heterocycles. The van der Waals surface area contributed by atoms with Crippen LogP contribution in [0.3, 0.4) is 0 Å². The first-order chi connectivity index (χ1) is 5.52. The van der Waals surface area contributed by atoms with Crippen molar-refractivity contribution in [1.29, 1.82) is 0 Å². The van der Waals surface area contributed by atoms with E-state index in [-0.39, 0.29) is 11.4 Å². The molecule has 0 fully saturated rings. The molecule has 1 atom stereocenters. The van der Waals surface area contributed by atoms with Crippen molar-refractivity contribution < 1.29 is 20.6 Å². The third kappa shape index (κ3) is 1.48. The molecular formula is C7H9NO4. The second kappa shape index (κ2) is 2.98. The molecular weight excluding hydrogens is 162 g/mol. The normalized spacial score (nSPS) is 12.9. The fraction of sp³-hybridized carbons (Fsp3) is 0.143. The molecule has 66 valence electrons. The molecule has 12 heavy (non-hydrogen) atoms. The number of aromatic hydroxyl groups is 2. The van der Waals surface area contributed by atoms with Gasteiger partial charge in [-0.1, -0.05) is 0 Å². The van der Waals surface area contributed by atoms with Gasteiger partial charge in [0.1, 0.15) is 0 Å². The van der Waals surface area contributed by atoms with Gasteiger partial charge in [0.15, 0.2) is 17.2 Å². The van der Waals surface area contributed by atoms with E-state index in [4.69, 9.17) is 15.4 Å². The molecule has 0 amide bonds. The van der Waals surface area contributed by atoms with Crippen molar-refractivity contribution in [2.24, 2.45) is 0 Å². The number of quaternary nitrogens is 1. The average molecular weight is 171 g/mol. The Hall–Kier alpha value is -1.30. The van der Waals surface area contributed by atoms with Crippen molar-refractivity contribution in [2.45, 2.75) is 6.92 Å². The minimum Gasteiger partial charge on any atom is -0.595 e. The maximum absolute atomic E-state index is 10.5. The lowest BCUT2D eigenvalue weighted by atomic mass is 10.2. The Morgan fingerprint density at radius 3 is 2.25 bits per heavy atom. The lowest BCUT2D eigenvalue weighted by Gasteiger charge is -2.14.